The van der Waals surface area contributed by atoms with Crippen LogP contribution in [-0.4, -0.2) is 13.6 Å². The van der Waals surface area contributed by atoms with Gasteiger partial charge in [-0.05, 0) is 49.2 Å². The Morgan fingerprint density at radius 2 is 1.75 bits per heavy atom. The van der Waals surface area contributed by atoms with Gasteiger partial charge in [-0.3, -0.25) is 0 Å². The van der Waals surface area contributed by atoms with E-state index in [0.717, 1.165) is 6.54 Å². The van der Waals surface area contributed by atoms with E-state index in [1.54, 1.807) is 0 Å². The van der Waals surface area contributed by atoms with E-state index in [0.29, 0.717) is 0 Å². The minimum Gasteiger partial charge on any atom is -0.320 e. The molecule has 84 valence electrons. The second kappa shape index (κ2) is 5.66. The van der Waals surface area contributed by atoms with Gasteiger partial charge in [-0.15, -0.1) is 0 Å². The zero-order valence-corrected chi connectivity index (χ0v) is 9.87. The molecule has 0 saturated carbocycles. The van der Waals surface area contributed by atoms with Gasteiger partial charge in [0.1, 0.15) is 0 Å². The van der Waals surface area contributed by atoms with E-state index in [-0.39, 0.29) is 0 Å². The van der Waals surface area contributed by atoms with Gasteiger partial charge in [-0.2, -0.15) is 0 Å². The summed E-state index contributed by atoms with van der Waals surface area (Å²) < 4.78 is 0. The van der Waals surface area contributed by atoms with E-state index >= 15 is 0 Å². The van der Waals surface area contributed by atoms with Gasteiger partial charge in [-0.1, -0.05) is 42.5 Å². The Labute approximate surface area is 97.5 Å². The molecule has 2 aromatic rings. The fourth-order valence-electron chi connectivity index (χ4n) is 2.13. The van der Waals surface area contributed by atoms with Crippen LogP contribution in [0.25, 0.3) is 10.8 Å². The van der Waals surface area contributed by atoms with E-state index in [1.807, 2.05) is 7.05 Å². The van der Waals surface area contributed by atoms with Crippen LogP contribution < -0.4 is 5.32 Å². The number of hydrogen-bond donors (Lipinski definition) is 1. The molecule has 0 fully saturated rings. The molecule has 0 saturated heterocycles. The highest BCUT2D eigenvalue weighted by molar-refractivity contribution is 5.85. The third-order valence-corrected chi connectivity index (χ3v) is 3.00. The van der Waals surface area contributed by atoms with Crippen LogP contribution >= 0.6 is 0 Å². The molecule has 2 aromatic carbocycles. The van der Waals surface area contributed by atoms with Crippen molar-refractivity contribution in [2.24, 2.45) is 0 Å². The molecule has 1 N–H and O–H groups in total. The highest BCUT2D eigenvalue weighted by Gasteiger charge is 1.99. The van der Waals surface area contributed by atoms with E-state index in [2.05, 4.69) is 47.8 Å². The van der Waals surface area contributed by atoms with Gasteiger partial charge in [0, 0.05) is 0 Å². The fourth-order valence-corrected chi connectivity index (χ4v) is 2.13. The highest BCUT2D eigenvalue weighted by atomic mass is 14.8. The smallest absolute Gasteiger partial charge is 0.00518 e. The molecule has 0 aliphatic heterocycles. The summed E-state index contributed by atoms with van der Waals surface area (Å²) >= 11 is 0. The Morgan fingerprint density at radius 3 is 2.62 bits per heavy atom. The number of rotatable bonds is 5. The van der Waals surface area contributed by atoms with E-state index in [1.165, 1.54) is 35.6 Å². The van der Waals surface area contributed by atoms with Crippen LogP contribution in [0.2, 0.25) is 0 Å². The molecular weight excluding hydrogens is 194 g/mol. The Kier molecular flexibility index (Phi) is 3.95. The molecule has 0 unspecified atom stereocenters. The molecule has 1 nitrogen and oxygen atoms in total. The summed E-state index contributed by atoms with van der Waals surface area (Å²) in [5.41, 5.74) is 1.48. The van der Waals surface area contributed by atoms with Crippen molar-refractivity contribution in [1.29, 1.82) is 0 Å². The number of nitrogens with one attached hydrogen (secondary N) is 1. The predicted octanol–water partition coefficient (Wildman–Crippen LogP) is 3.38. The molecule has 0 bridgehead atoms. The lowest BCUT2D eigenvalue weighted by Gasteiger charge is -2.06. The van der Waals surface area contributed by atoms with Crippen LogP contribution in [0.1, 0.15) is 18.4 Å². The normalized spacial score (nSPS) is 10.8. The first kappa shape index (κ1) is 11.2. The van der Waals surface area contributed by atoms with Gasteiger partial charge in [0.05, 0.1) is 0 Å². The van der Waals surface area contributed by atoms with Gasteiger partial charge in [-0.25, -0.2) is 0 Å². The maximum atomic E-state index is 3.19. The zero-order chi connectivity index (χ0) is 11.2. The lowest BCUT2D eigenvalue weighted by atomic mass is 10.0. The monoisotopic (exact) mass is 213 g/mol. The first-order valence-electron chi connectivity index (χ1n) is 6.03. The Hall–Kier alpha value is -1.34. The van der Waals surface area contributed by atoms with Crippen LogP contribution in [0.3, 0.4) is 0 Å². The molecule has 0 aromatic heterocycles. The average Bonchev–Trinajstić information content (AvgIpc) is 2.35. The molecule has 16 heavy (non-hydrogen) atoms. The van der Waals surface area contributed by atoms with Crippen molar-refractivity contribution < 1.29 is 0 Å². The van der Waals surface area contributed by atoms with Crippen LogP contribution in [0, 0.1) is 0 Å². The average molecular weight is 213 g/mol. The van der Waals surface area contributed by atoms with Crippen LogP contribution in [0.4, 0.5) is 0 Å². The van der Waals surface area contributed by atoms with Crippen molar-refractivity contribution in [3.63, 3.8) is 0 Å². The summed E-state index contributed by atoms with van der Waals surface area (Å²) in [5.74, 6) is 0. The topological polar surface area (TPSA) is 12.0 Å². The van der Waals surface area contributed by atoms with E-state index < -0.39 is 0 Å². The number of unbranched alkanes of at least 4 members (excludes halogenated alkanes) is 1. The number of benzene rings is 2. The lowest BCUT2D eigenvalue weighted by Crippen LogP contribution is -2.07. The maximum absolute atomic E-state index is 3.19. The van der Waals surface area contributed by atoms with Crippen LogP contribution in [0.5, 0.6) is 0 Å². The summed E-state index contributed by atoms with van der Waals surface area (Å²) in [4.78, 5) is 0. The quantitative estimate of drug-likeness (QED) is 0.751. The molecule has 0 heterocycles. The first-order chi connectivity index (χ1) is 7.92. The summed E-state index contributed by atoms with van der Waals surface area (Å²) in [6.45, 7) is 1.12. The van der Waals surface area contributed by atoms with Gasteiger partial charge in [0.2, 0.25) is 0 Å². The minimum atomic E-state index is 1.12. The molecule has 2 rings (SSSR count). The number of hydrogen-bond acceptors (Lipinski definition) is 1. The fraction of sp³-hybridized carbons (Fsp3) is 0.333. The standard InChI is InChI=1S/C15H19N/c1-16-12-5-4-8-14-10-6-9-13-7-2-3-11-15(13)14/h2-3,6-7,9-11,16H,4-5,8,12H2,1H3. The van der Waals surface area contributed by atoms with Gasteiger partial charge in [0.15, 0.2) is 0 Å². The molecule has 0 amide bonds. The summed E-state index contributed by atoms with van der Waals surface area (Å²) in [6.07, 6.45) is 3.69. The molecule has 0 spiro atoms. The highest BCUT2D eigenvalue weighted by Crippen LogP contribution is 2.19. The molecule has 1 heteroatoms. The largest absolute Gasteiger partial charge is 0.320 e. The lowest BCUT2D eigenvalue weighted by molar-refractivity contribution is 0.678. The number of aryl methyl sites for hydroxylation is 1. The SMILES string of the molecule is CNCCCCc1cccc2ccccc12. The molecule has 0 radical (unpaired) electrons. The van der Waals surface area contributed by atoms with Gasteiger partial charge in [0.25, 0.3) is 0 Å². The first-order valence-corrected chi connectivity index (χ1v) is 6.03. The minimum absolute atomic E-state index is 1.12. The van der Waals surface area contributed by atoms with Crippen molar-refractivity contribution in [3.05, 3.63) is 48.0 Å². The summed E-state index contributed by atoms with van der Waals surface area (Å²) in [7, 11) is 2.01. The van der Waals surface area contributed by atoms with Crippen molar-refractivity contribution in [2.75, 3.05) is 13.6 Å². The van der Waals surface area contributed by atoms with E-state index in [4.69, 9.17) is 0 Å². The van der Waals surface area contributed by atoms with Crippen molar-refractivity contribution >= 4 is 10.8 Å². The Bertz CT molecular complexity index is 443. The summed E-state index contributed by atoms with van der Waals surface area (Å²) in [6, 6.07) is 15.2. The molecular formula is C15H19N. The Balaban J connectivity index is 2.11. The Morgan fingerprint density at radius 1 is 0.938 bits per heavy atom. The van der Waals surface area contributed by atoms with Crippen LogP contribution in [-0.2, 0) is 6.42 Å². The third-order valence-electron chi connectivity index (χ3n) is 3.00. The number of fused-ring (bicyclic) bond motifs is 1. The van der Waals surface area contributed by atoms with Crippen molar-refractivity contribution in [3.8, 4) is 0 Å². The second-order valence-corrected chi connectivity index (χ2v) is 4.20. The second-order valence-electron chi connectivity index (χ2n) is 4.20. The van der Waals surface area contributed by atoms with E-state index in [9.17, 15) is 0 Å². The molecule has 0 atom stereocenters. The predicted molar refractivity (Wildman–Crippen MR) is 70.8 cm³/mol. The van der Waals surface area contributed by atoms with Crippen molar-refractivity contribution in [2.45, 2.75) is 19.3 Å². The van der Waals surface area contributed by atoms with Gasteiger partial charge >= 0.3 is 0 Å². The third kappa shape index (κ3) is 2.61. The van der Waals surface area contributed by atoms with Gasteiger partial charge < -0.3 is 5.32 Å². The molecule has 0 aliphatic rings. The van der Waals surface area contributed by atoms with Crippen molar-refractivity contribution in [1.82, 2.24) is 5.32 Å². The maximum Gasteiger partial charge on any atom is -0.00518 e. The van der Waals surface area contributed by atoms with Crippen LogP contribution in [0.15, 0.2) is 42.5 Å². The zero-order valence-electron chi connectivity index (χ0n) is 9.87. The summed E-state index contributed by atoms with van der Waals surface area (Å²) in [5, 5.41) is 5.96. The molecule has 0 aliphatic carbocycles.